The SMILES string of the molecule is Cc1c(-c2ccc3cccnc3c2)nc[nH]c1=O. The molecule has 0 unspecified atom stereocenters. The highest BCUT2D eigenvalue weighted by molar-refractivity contribution is 5.83. The molecule has 1 aromatic carbocycles. The molecular formula is C14H11N3O. The topological polar surface area (TPSA) is 58.6 Å². The lowest BCUT2D eigenvalue weighted by atomic mass is 10.1. The maximum atomic E-state index is 11.6. The van der Waals surface area contributed by atoms with Gasteiger partial charge in [-0.1, -0.05) is 18.2 Å². The second-order valence-electron chi connectivity index (χ2n) is 4.12. The lowest BCUT2D eigenvalue weighted by Crippen LogP contribution is -2.11. The summed E-state index contributed by atoms with van der Waals surface area (Å²) in [5.41, 5.74) is 3.02. The average Bonchev–Trinajstić information content (AvgIpc) is 2.41. The number of nitrogens with zero attached hydrogens (tertiary/aromatic N) is 2. The van der Waals surface area contributed by atoms with Crippen LogP contribution in [0.1, 0.15) is 5.56 Å². The molecule has 3 rings (SSSR count). The Labute approximate surface area is 103 Å². The largest absolute Gasteiger partial charge is 0.313 e. The van der Waals surface area contributed by atoms with Crippen molar-refractivity contribution >= 4 is 10.9 Å². The third-order valence-corrected chi connectivity index (χ3v) is 2.96. The lowest BCUT2D eigenvalue weighted by Gasteiger charge is -2.04. The zero-order chi connectivity index (χ0) is 12.5. The van der Waals surface area contributed by atoms with E-state index in [-0.39, 0.29) is 5.56 Å². The molecule has 0 spiro atoms. The summed E-state index contributed by atoms with van der Waals surface area (Å²) in [7, 11) is 0. The molecule has 0 bridgehead atoms. The highest BCUT2D eigenvalue weighted by Crippen LogP contribution is 2.22. The average molecular weight is 237 g/mol. The number of H-pyrrole nitrogens is 1. The summed E-state index contributed by atoms with van der Waals surface area (Å²) in [6.45, 7) is 1.77. The number of nitrogens with one attached hydrogen (secondary N) is 1. The number of aromatic nitrogens is 3. The predicted octanol–water partition coefficient (Wildman–Crippen LogP) is 2.29. The number of fused-ring (bicyclic) bond motifs is 1. The molecule has 1 N–H and O–H groups in total. The molecule has 0 atom stereocenters. The van der Waals surface area contributed by atoms with Gasteiger partial charge in [-0.15, -0.1) is 0 Å². The molecule has 4 nitrogen and oxygen atoms in total. The molecule has 2 aromatic heterocycles. The van der Waals surface area contributed by atoms with Crippen LogP contribution in [0.15, 0.2) is 47.7 Å². The van der Waals surface area contributed by atoms with Crippen molar-refractivity contribution in [2.45, 2.75) is 6.92 Å². The van der Waals surface area contributed by atoms with Crippen molar-refractivity contribution in [3.05, 3.63) is 58.8 Å². The Kier molecular flexibility index (Phi) is 2.41. The third-order valence-electron chi connectivity index (χ3n) is 2.96. The Morgan fingerprint density at radius 3 is 2.94 bits per heavy atom. The summed E-state index contributed by atoms with van der Waals surface area (Å²) in [5, 5.41) is 1.07. The fourth-order valence-electron chi connectivity index (χ4n) is 1.97. The van der Waals surface area contributed by atoms with Crippen LogP contribution in [0.25, 0.3) is 22.2 Å². The lowest BCUT2D eigenvalue weighted by molar-refractivity contribution is 1.08. The molecule has 88 valence electrons. The highest BCUT2D eigenvalue weighted by Gasteiger charge is 2.07. The van der Waals surface area contributed by atoms with Gasteiger partial charge in [-0.25, -0.2) is 4.98 Å². The second-order valence-corrected chi connectivity index (χ2v) is 4.12. The van der Waals surface area contributed by atoms with E-state index in [1.54, 1.807) is 13.1 Å². The van der Waals surface area contributed by atoms with E-state index in [1.807, 2.05) is 30.3 Å². The molecular weight excluding hydrogens is 226 g/mol. The Bertz CT molecular complexity index is 777. The van der Waals surface area contributed by atoms with Gasteiger partial charge in [0.05, 0.1) is 17.5 Å². The zero-order valence-electron chi connectivity index (χ0n) is 9.84. The summed E-state index contributed by atoms with van der Waals surface area (Å²) in [6.07, 6.45) is 3.18. The minimum absolute atomic E-state index is 0.110. The van der Waals surface area contributed by atoms with Crippen molar-refractivity contribution in [1.82, 2.24) is 15.0 Å². The van der Waals surface area contributed by atoms with Crippen LogP contribution in [-0.4, -0.2) is 15.0 Å². The molecule has 4 heteroatoms. The van der Waals surface area contributed by atoms with Gasteiger partial charge >= 0.3 is 0 Å². The van der Waals surface area contributed by atoms with Crippen LogP contribution in [0.3, 0.4) is 0 Å². The van der Waals surface area contributed by atoms with Gasteiger partial charge in [0.15, 0.2) is 0 Å². The number of hydrogen-bond acceptors (Lipinski definition) is 3. The van der Waals surface area contributed by atoms with Crippen LogP contribution in [0.5, 0.6) is 0 Å². The standard InChI is InChI=1S/C14H11N3O/c1-9-13(16-8-17-14(9)18)11-5-4-10-3-2-6-15-12(10)7-11/h2-8H,1H3,(H,16,17,18). The molecule has 3 aromatic rings. The third kappa shape index (κ3) is 1.68. The first kappa shape index (κ1) is 10.7. The summed E-state index contributed by atoms with van der Waals surface area (Å²) < 4.78 is 0. The van der Waals surface area contributed by atoms with Gasteiger partial charge in [0, 0.05) is 22.7 Å². The monoisotopic (exact) mass is 237 g/mol. The summed E-state index contributed by atoms with van der Waals surface area (Å²) in [5.74, 6) is 0. The molecule has 0 aliphatic rings. The van der Waals surface area contributed by atoms with Crippen LogP contribution in [0, 0.1) is 6.92 Å². The van der Waals surface area contributed by atoms with E-state index in [2.05, 4.69) is 15.0 Å². The normalized spacial score (nSPS) is 10.7. The summed E-state index contributed by atoms with van der Waals surface area (Å²) in [6, 6.07) is 9.80. The molecule has 18 heavy (non-hydrogen) atoms. The van der Waals surface area contributed by atoms with E-state index < -0.39 is 0 Å². The van der Waals surface area contributed by atoms with Crippen molar-refractivity contribution in [1.29, 1.82) is 0 Å². The van der Waals surface area contributed by atoms with Crippen molar-refractivity contribution in [2.75, 3.05) is 0 Å². The van der Waals surface area contributed by atoms with Crippen molar-refractivity contribution < 1.29 is 0 Å². The minimum Gasteiger partial charge on any atom is -0.313 e. The Morgan fingerprint density at radius 1 is 1.17 bits per heavy atom. The van der Waals surface area contributed by atoms with E-state index >= 15 is 0 Å². The highest BCUT2D eigenvalue weighted by atomic mass is 16.1. The van der Waals surface area contributed by atoms with E-state index in [1.165, 1.54) is 6.33 Å². The van der Waals surface area contributed by atoms with Crippen LogP contribution >= 0.6 is 0 Å². The molecule has 0 radical (unpaired) electrons. The van der Waals surface area contributed by atoms with Gasteiger partial charge in [0.2, 0.25) is 0 Å². The number of aromatic amines is 1. The van der Waals surface area contributed by atoms with E-state index in [4.69, 9.17) is 0 Å². The Morgan fingerprint density at radius 2 is 2.06 bits per heavy atom. The van der Waals surface area contributed by atoms with E-state index in [0.717, 1.165) is 16.5 Å². The van der Waals surface area contributed by atoms with Crippen molar-refractivity contribution in [2.24, 2.45) is 0 Å². The van der Waals surface area contributed by atoms with Gasteiger partial charge in [0.25, 0.3) is 5.56 Å². The first-order valence-electron chi connectivity index (χ1n) is 5.65. The van der Waals surface area contributed by atoms with Crippen molar-refractivity contribution in [3.63, 3.8) is 0 Å². The maximum absolute atomic E-state index is 11.6. The Balaban J connectivity index is 2.26. The van der Waals surface area contributed by atoms with Gasteiger partial charge in [0.1, 0.15) is 0 Å². The molecule has 0 aliphatic heterocycles. The number of pyridine rings is 1. The van der Waals surface area contributed by atoms with Crippen LogP contribution in [0.2, 0.25) is 0 Å². The number of hydrogen-bond donors (Lipinski definition) is 1. The Hall–Kier alpha value is -2.49. The molecule has 0 saturated heterocycles. The van der Waals surface area contributed by atoms with Crippen LogP contribution in [0.4, 0.5) is 0 Å². The summed E-state index contributed by atoms with van der Waals surface area (Å²) in [4.78, 5) is 22.7. The van der Waals surface area contributed by atoms with E-state index in [9.17, 15) is 4.79 Å². The molecule has 0 fully saturated rings. The fraction of sp³-hybridized carbons (Fsp3) is 0.0714. The number of benzene rings is 1. The molecule has 0 amide bonds. The van der Waals surface area contributed by atoms with E-state index in [0.29, 0.717) is 11.3 Å². The molecule has 0 aliphatic carbocycles. The maximum Gasteiger partial charge on any atom is 0.254 e. The van der Waals surface area contributed by atoms with Gasteiger partial charge in [-0.05, 0) is 19.1 Å². The summed E-state index contributed by atoms with van der Waals surface area (Å²) >= 11 is 0. The zero-order valence-corrected chi connectivity index (χ0v) is 9.84. The first-order valence-corrected chi connectivity index (χ1v) is 5.65. The predicted molar refractivity (Wildman–Crippen MR) is 70.3 cm³/mol. The van der Waals surface area contributed by atoms with Gasteiger partial charge < -0.3 is 4.98 Å². The smallest absolute Gasteiger partial charge is 0.254 e. The van der Waals surface area contributed by atoms with Crippen LogP contribution < -0.4 is 5.56 Å². The van der Waals surface area contributed by atoms with Crippen LogP contribution in [-0.2, 0) is 0 Å². The molecule has 2 heterocycles. The minimum atomic E-state index is -0.110. The van der Waals surface area contributed by atoms with Gasteiger partial charge in [-0.2, -0.15) is 0 Å². The quantitative estimate of drug-likeness (QED) is 0.706. The molecule has 0 saturated carbocycles. The van der Waals surface area contributed by atoms with Crippen molar-refractivity contribution in [3.8, 4) is 11.3 Å². The fourth-order valence-corrected chi connectivity index (χ4v) is 1.97. The van der Waals surface area contributed by atoms with Gasteiger partial charge in [-0.3, -0.25) is 9.78 Å². The first-order chi connectivity index (χ1) is 8.75. The number of rotatable bonds is 1. The second kappa shape index (κ2) is 4.07.